The number of nitrogens with one attached hydrogen (secondary N) is 1. The predicted molar refractivity (Wildman–Crippen MR) is 93.7 cm³/mol. The van der Waals surface area contributed by atoms with Crippen LogP contribution in [-0.2, 0) is 4.74 Å². The molecular weight excluding hydrogens is 290 g/mol. The quantitative estimate of drug-likeness (QED) is 0.863. The fraction of sp³-hybridized carbons (Fsp3) is 0.944. The van der Waals surface area contributed by atoms with E-state index in [4.69, 9.17) is 4.74 Å². The van der Waals surface area contributed by atoms with Gasteiger partial charge in [0.05, 0.1) is 0 Å². The average molecular weight is 325 g/mol. The number of rotatable bonds is 4. The number of carbonyl (C=O) groups is 1. The summed E-state index contributed by atoms with van der Waals surface area (Å²) < 4.78 is 5.57. The van der Waals surface area contributed by atoms with Gasteiger partial charge in [-0.15, -0.1) is 0 Å². The molecule has 0 aliphatic carbocycles. The Morgan fingerprint density at radius 2 is 1.65 bits per heavy atom. The number of likely N-dealkylation sites (tertiary alicyclic amines) is 2. The van der Waals surface area contributed by atoms with Crippen LogP contribution in [0.5, 0.6) is 0 Å². The first-order valence-electron chi connectivity index (χ1n) is 9.27. The Morgan fingerprint density at radius 1 is 1.04 bits per heavy atom. The van der Waals surface area contributed by atoms with Crippen LogP contribution in [0.2, 0.25) is 0 Å². The summed E-state index contributed by atoms with van der Waals surface area (Å²) in [6.07, 6.45) is 7.15. The van der Waals surface area contributed by atoms with Gasteiger partial charge < -0.3 is 19.9 Å². The van der Waals surface area contributed by atoms with E-state index in [1.807, 2.05) is 25.7 Å². The predicted octanol–water partition coefficient (Wildman–Crippen LogP) is 2.85. The van der Waals surface area contributed by atoms with Gasteiger partial charge in [-0.3, -0.25) is 0 Å². The van der Waals surface area contributed by atoms with Crippen molar-refractivity contribution in [2.24, 2.45) is 0 Å². The zero-order chi connectivity index (χ0) is 16.9. The fourth-order valence-corrected chi connectivity index (χ4v) is 3.59. The summed E-state index contributed by atoms with van der Waals surface area (Å²) in [5, 5.41) is 3.61. The van der Waals surface area contributed by atoms with Crippen molar-refractivity contribution in [1.29, 1.82) is 0 Å². The highest BCUT2D eigenvalue weighted by atomic mass is 16.6. The van der Waals surface area contributed by atoms with Crippen molar-refractivity contribution in [3.63, 3.8) is 0 Å². The van der Waals surface area contributed by atoms with Crippen molar-refractivity contribution in [3.8, 4) is 0 Å². The summed E-state index contributed by atoms with van der Waals surface area (Å²) in [6.45, 7) is 9.73. The fourth-order valence-electron chi connectivity index (χ4n) is 3.59. The van der Waals surface area contributed by atoms with Gasteiger partial charge in [-0.25, -0.2) is 4.79 Å². The zero-order valence-corrected chi connectivity index (χ0v) is 15.4. The van der Waals surface area contributed by atoms with Crippen LogP contribution in [0.15, 0.2) is 0 Å². The normalized spacial score (nSPS) is 27.0. The van der Waals surface area contributed by atoms with Crippen LogP contribution in [0.4, 0.5) is 4.79 Å². The third-order valence-corrected chi connectivity index (χ3v) is 4.94. The van der Waals surface area contributed by atoms with E-state index in [0.717, 1.165) is 32.5 Å². The van der Waals surface area contributed by atoms with Crippen molar-refractivity contribution in [3.05, 3.63) is 0 Å². The first-order valence-corrected chi connectivity index (χ1v) is 9.27. The average Bonchev–Trinajstić information content (AvgIpc) is 2.48. The number of hydrogen-bond donors (Lipinski definition) is 1. The van der Waals surface area contributed by atoms with E-state index < -0.39 is 5.60 Å². The molecule has 2 heterocycles. The van der Waals surface area contributed by atoms with E-state index >= 15 is 0 Å². The van der Waals surface area contributed by atoms with Crippen molar-refractivity contribution in [2.45, 2.75) is 77.0 Å². The van der Waals surface area contributed by atoms with Gasteiger partial charge in [0.15, 0.2) is 0 Å². The van der Waals surface area contributed by atoms with Crippen molar-refractivity contribution < 1.29 is 9.53 Å². The molecule has 0 radical (unpaired) electrons. The third-order valence-electron chi connectivity index (χ3n) is 4.94. The summed E-state index contributed by atoms with van der Waals surface area (Å²) in [5.74, 6) is 0. The number of amides is 1. The number of likely N-dealkylation sites (N-methyl/N-ethyl adjacent to an activating group) is 1. The maximum Gasteiger partial charge on any atom is 0.410 e. The molecule has 2 unspecified atom stereocenters. The lowest BCUT2D eigenvalue weighted by molar-refractivity contribution is 0.00975. The molecule has 1 N–H and O–H groups in total. The van der Waals surface area contributed by atoms with Crippen molar-refractivity contribution in [2.75, 3.05) is 33.2 Å². The topological polar surface area (TPSA) is 44.8 Å². The van der Waals surface area contributed by atoms with E-state index in [1.54, 1.807) is 0 Å². The maximum atomic E-state index is 12.4. The second-order valence-corrected chi connectivity index (χ2v) is 8.11. The molecule has 0 spiro atoms. The van der Waals surface area contributed by atoms with Gasteiger partial charge in [-0.2, -0.15) is 0 Å². The largest absolute Gasteiger partial charge is 0.444 e. The third kappa shape index (κ3) is 5.96. The number of hydrogen-bond acceptors (Lipinski definition) is 4. The Kier molecular flexibility index (Phi) is 6.72. The lowest BCUT2D eigenvalue weighted by atomic mass is 10.0. The van der Waals surface area contributed by atoms with E-state index in [2.05, 4.69) is 17.3 Å². The highest BCUT2D eigenvalue weighted by Crippen LogP contribution is 2.20. The summed E-state index contributed by atoms with van der Waals surface area (Å²) in [6, 6.07) is 0.912. The van der Waals surface area contributed by atoms with Crippen LogP contribution in [0.25, 0.3) is 0 Å². The monoisotopic (exact) mass is 325 g/mol. The molecule has 2 rings (SSSR count). The van der Waals surface area contributed by atoms with E-state index in [0.29, 0.717) is 6.04 Å². The van der Waals surface area contributed by atoms with Gasteiger partial charge in [0.1, 0.15) is 5.60 Å². The second kappa shape index (κ2) is 8.34. The lowest BCUT2D eigenvalue weighted by Gasteiger charge is -2.38. The molecule has 2 aliphatic rings. The maximum absolute atomic E-state index is 12.4. The van der Waals surface area contributed by atoms with Gasteiger partial charge in [-0.1, -0.05) is 6.42 Å². The van der Waals surface area contributed by atoms with Gasteiger partial charge in [-0.05, 0) is 66.5 Å². The van der Waals surface area contributed by atoms with E-state index in [1.165, 1.54) is 32.2 Å². The Labute approximate surface area is 141 Å². The van der Waals surface area contributed by atoms with Crippen molar-refractivity contribution in [1.82, 2.24) is 15.1 Å². The van der Waals surface area contributed by atoms with Gasteiger partial charge in [0, 0.05) is 31.7 Å². The molecule has 2 aliphatic heterocycles. The summed E-state index contributed by atoms with van der Waals surface area (Å²) in [5.41, 5.74) is -0.419. The lowest BCUT2D eigenvalue weighted by Crippen LogP contribution is -2.52. The first-order chi connectivity index (χ1) is 10.9. The highest BCUT2D eigenvalue weighted by molar-refractivity contribution is 5.68. The Hall–Kier alpha value is -0.810. The zero-order valence-electron chi connectivity index (χ0n) is 15.4. The number of piperidine rings is 2. The number of carbonyl (C=O) groups excluding carboxylic acids is 1. The Balaban J connectivity index is 1.80. The highest BCUT2D eigenvalue weighted by Gasteiger charge is 2.30. The standard InChI is InChI=1S/C18H35N3O2/c1-18(2,3)23-17(22)21-12-8-6-10-16(21)14-19-13-15-9-5-7-11-20(15)4/h15-16,19H,5-14H2,1-4H3. The minimum atomic E-state index is -0.419. The van der Waals surface area contributed by atoms with Gasteiger partial charge in [0.2, 0.25) is 0 Å². The molecule has 0 aromatic carbocycles. The van der Waals surface area contributed by atoms with Gasteiger partial charge in [0.25, 0.3) is 0 Å². The van der Waals surface area contributed by atoms with Crippen LogP contribution in [0, 0.1) is 0 Å². The summed E-state index contributed by atoms with van der Waals surface area (Å²) in [4.78, 5) is 16.8. The smallest absolute Gasteiger partial charge is 0.410 e. The molecule has 23 heavy (non-hydrogen) atoms. The van der Waals surface area contributed by atoms with Crippen molar-refractivity contribution >= 4 is 6.09 Å². The summed E-state index contributed by atoms with van der Waals surface area (Å²) >= 11 is 0. The molecule has 134 valence electrons. The molecule has 0 bridgehead atoms. The molecule has 0 aromatic heterocycles. The van der Waals surface area contributed by atoms with E-state index in [9.17, 15) is 4.79 Å². The van der Waals surface area contributed by atoms with E-state index in [-0.39, 0.29) is 12.1 Å². The molecule has 0 aromatic rings. The van der Waals surface area contributed by atoms with Crippen LogP contribution >= 0.6 is 0 Å². The minimum Gasteiger partial charge on any atom is -0.444 e. The molecule has 0 saturated carbocycles. The number of ether oxygens (including phenoxy) is 1. The van der Waals surface area contributed by atoms with Gasteiger partial charge >= 0.3 is 6.09 Å². The van der Waals surface area contributed by atoms with Crippen LogP contribution < -0.4 is 5.32 Å². The van der Waals surface area contributed by atoms with Crippen LogP contribution in [0.3, 0.4) is 0 Å². The van der Waals surface area contributed by atoms with Crippen LogP contribution in [-0.4, -0.2) is 66.8 Å². The molecular formula is C18H35N3O2. The molecule has 2 fully saturated rings. The molecule has 2 atom stereocenters. The first kappa shape index (κ1) is 18.5. The second-order valence-electron chi connectivity index (χ2n) is 8.11. The molecule has 5 heteroatoms. The summed E-state index contributed by atoms with van der Waals surface area (Å²) in [7, 11) is 2.22. The molecule has 1 amide bonds. The molecule has 5 nitrogen and oxygen atoms in total. The minimum absolute atomic E-state index is 0.154. The Morgan fingerprint density at radius 3 is 2.30 bits per heavy atom. The molecule has 2 saturated heterocycles. The van der Waals surface area contributed by atoms with Crippen LogP contribution in [0.1, 0.15) is 59.3 Å². The SMILES string of the molecule is CN1CCCCC1CNCC1CCCCN1C(=O)OC(C)(C)C. The number of nitrogens with zero attached hydrogens (tertiary/aromatic N) is 2. The Bertz CT molecular complexity index is 381.